The summed E-state index contributed by atoms with van der Waals surface area (Å²) in [5.41, 5.74) is 5.77. The molecule has 0 unspecified atom stereocenters. The van der Waals surface area contributed by atoms with Crippen molar-refractivity contribution in [1.82, 2.24) is 20.2 Å². The van der Waals surface area contributed by atoms with Crippen LogP contribution in [0.4, 0.5) is 10.6 Å². The summed E-state index contributed by atoms with van der Waals surface area (Å²) in [6, 6.07) is 9.00. The van der Waals surface area contributed by atoms with Crippen molar-refractivity contribution in [2.45, 2.75) is 77.0 Å². The lowest BCUT2D eigenvalue weighted by Gasteiger charge is -2.31. The molecule has 7 rings (SSSR count). The molecule has 3 N–H and O–H groups in total. The Kier molecular flexibility index (Phi) is 8.22. The van der Waals surface area contributed by atoms with E-state index in [9.17, 15) is 19.8 Å². The van der Waals surface area contributed by atoms with Crippen molar-refractivity contribution in [3.63, 3.8) is 0 Å². The number of aliphatic hydroxyl groups is 2. The number of aryl methyl sites for hydroxylation is 1. The van der Waals surface area contributed by atoms with Crippen LogP contribution >= 0.6 is 0 Å². The number of aromatic nitrogens is 2. The number of nitrogens with zero attached hydrogens (tertiary/aromatic N) is 4. The van der Waals surface area contributed by atoms with Crippen LogP contribution in [0.1, 0.15) is 84.2 Å². The maximum atomic E-state index is 13.8. The Morgan fingerprint density at radius 2 is 1.98 bits per heavy atom. The number of carbonyl (C=O) groups is 2. The van der Waals surface area contributed by atoms with Crippen LogP contribution in [0.3, 0.4) is 0 Å². The van der Waals surface area contributed by atoms with E-state index in [1.54, 1.807) is 12.3 Å². The maximum absolute atomic E-state index is 13.8. The number of anilines is 1. The minimum Gasteiger partial charge on any atom is -0.447 e. The van der Waals surface area contributed by atoms with Crippen LogP contribution in [0.25, 0.3) is 10.9 Å². The number of hydrogen-bond donors (Lipinski definition) is 3. The van der Waals surface area contributed by atoms with Gasteiger partial charge >= 0.3 is 6.09 Å². The van der Waals surface area contributed by atoms with E-state index < -0.39 is 6.09 Å². The summed E-state index contributed by atoms with van der Waals surface area (Å²) in [5, 5.41) is 24.6. The molecule has 2 saturated heterocycles. The van der Waals surface area contributed by atoms with Crippen LogP contribution in [-0.4, -0.2) is 76.0 Å². The van der Waals surface area contributed by atoms with Crippen molar-refractivity contribution < 1.29 is 24.5 Å². The Morgan fingerprint density at radius 3 is 2.67 bits per heavy atom. The van der Waals surface area contributed by atoms with Crippen LogP contribution in [-0.2, 0) is 24.2 Å². The fourth-order valence-electron chi connectivity index (χ4n) is 7.44. The van der Waals surface area contributed by atoms with Gasteiger partial charge in [0.15, 0.2) is 0 Å². The first-order chi connectivity index (χ1) is 21.8. The highest BCUT2D eigenvalue weighted by molar-refractivity contribution is 5.99. The third-order valence-corrected chi connectivity index (χ3v) is 10.7. The molecular formula is C35H43N5O5. The van der Waals surface area contributed by atoms with Gasteiger partial charge in [0.25, 0.3) is 5.91 Å². The highest BCUT2D eigenvalue weighted by Gasteiger charge is 2.46. The first-order valence-electron chi connectivity index (χ1n) is 16.5. The summed E-state index contributed by atoms with van der Waals surface area (Å²) in [5.74, 6) is 0.936. The standard InChI is InChI=1S/C35H43N5O5/c1-35(11-12-35)24-4-6-31-27(19-24)28(21-41)26-18-22(2-5-30(26)37-31)33(43)38-29(10-15-39-13-8-25(42)9-14-39)23-3-7-32(36-20-23)40-16-17-45-34(40)44/h2-3,5,7,18,20,24-25,29,41-42H,4,6,8-17,19,21H2,1H3,(H,38,43)/t24-,29+/m0/s1. The molecule has 4 aliphatic rings. The quantitative estimate of drug-likeness (QED) is 0.326. The topological polar surface area (TPSA) is 128 Å². The number of carbonyl (C=O) groups excluding carboxylic acids is 2. The van der Waals surface area contributed by atoms with E-state index in [1.165, 1.54) is 23.3 Å². The smallest absolute Gasteiger partial charge is 0.415 e. The molecule has 2 aromatic heterocycles. The number of cyclic esters (lactones) is 1. The number of piperidine rings is 1. The first-order valence-corrected chi connectivity index (χ1v) is 16.5. The zero-order chi connectivity index (χ0) is 31.1. The van der Waals surface area contributed by atoms with Crippen LogP contribution in [0.15, 0.2) is 36.5 Å². The summed E-state index contributed by atoms with van der Waals surface area (Å²) >= 11 is 0. The Hall–Kier alpha value is -3.60. The average Bonchev–Trinajstić information content (AvgIpc) is 3.67. The third-order valence-electron chi connectivity index (χ3n) is 10.7. The van der Waals surface area contributed by atoms with Gasteiger partial charge < -0.3 is 25.2 Å². The molecule has 3 fully saturated rings. The SMILES string of the molecule is CC1([C@H]2CCc3nc4ccc(C(=O)N[C@H](CCN5CCC(O)CC5)c5ccc(N6CCOC6=O)nc5)cc4c(CO)c3C2)CC1. The minimum atomic E-state index is -0.404. The van der Waals surface area contributed by atoms with Crippen molar-refractivity contribution in [3.05, 3.63) is 64.5 Å². The third kappa shape index (κ3) is 6.15. The van der Waals surface area contributed by atoms with Gasteiger partial charge in [0.1, 0.15) is 12.4 Å². The van der Waals surface area contributed by atoms with Crippen molar-refractivity contribution in [3.8, 4) is 0 Å². The fraction of sp³-hybridized carbons (Fsp3) is 0.543. The van der Waals surface area contributed by atoms with E-state index in [-0.39, 0.29) is 24.7 Å². The number of ether oxygens (including phenoxy) is 1. The molecule has 3 aromatic rings. The predicted octanol–water partition coefficient (Wildman–Crippen LogP) is 4.30. The number of aliphatic hydroxyl groups excluding tert-OH is 2. The number of pyridine rings is 2. The molecule has 2 amide bonds. The van der Waals surface area contributed by atoms with Crippen molar-refractivity contribution in [2.24, 2.45) is 11.3 Å². The van der Waals surface area contributed by atoms with E-state index in [2.05, 4.69) is 22.1 Å². The molecule has 1 saturated carbocycles. The van der Waals surface area contributed by atoms with Crippen LogP contribution in [0, 0.1) is 11.3 Å². The van der Waals surface area contributed by atoms with Crippen LogP contribution in [0.5, 0.6) is 0 Å². The molecule has 4 heterocycles. The maximum Gasteiger partial charge on any atom is 0.415 e. The molecule has 238 valence electrons. The Labute approximate surface area is 263 Å². The lowest BCUT2D eigenvalue weighted by Crippen LogP contribution is -2.38. The normalized spacial score (nSPS) is 22.2. The van der Waals surface area contributed by atoms with Gasteiger partial charge in [-0.05, 0) is 104 Å². The molecule has 0 spiro atoms. The molecule has 2 aliphatic carbocycles. The molecule has 0 radical (unpaired) electrons. The average molecular weight is 614 g/mol. The molecule has 10 heteroatoms. The second-order valence-electron chi connectivity index (χ2n) is 13.6. The zero-order valence-electron chi connectivity index (χ0n) is 26.0. The lowest BCUT2D eigenvalue weighted by molar-refractivity contribution is 0.0795. The number of hydrogen-bond acceptors (Lipinski definition) is 8. The van der Waals surface area contributed by atoms with E-state index in [4.69, 9.17) is 9.72 Å². The first kappa shape index (κ1) is 30.1. The van der Waals surface area contributed by atoms with Crippen molar-refractivity contribution in [1.29, 1.82) is 0 Å². The highest BCUT2D eigenvalue weighted by atomic mass is 16.6. The van der Waals surface area contributed by atoms with Crippen LogP contribution < -0.4 is 10.2 Å². The van der Waals surface area contributed by atoms with Gasteiger partial charge in [-0.1, -0.05) is 13.0 Å². The molecule has 1 aromatic carbocycles. The lowest BCUT2D eigenvalue weighted by atomic mass is 9.75. The Morgan fingerprint density at radius 1 is 1.16 bits per heavy atom. The number of nitrogens with one attached hydrogen (secondary N) is 1. The van der Waals surface area contributed by atoms with E-state index >= 15 is 0 Å². The molecular weight excluding hydrogens is 570 g/mol. The van der Waals surface area contributed by atoms with Gasteiger partial charge in [0.05, 0.1) is 30.8 Å². The van der Waals surface area contributed by atoms with Gasteiger partial charge in [-0.15, -0.1) is 0 Å². The van der Waals surface area contributed by atoms with Gasteiger partial charge in [0, 0.05) is 42.5 Å². The summed E-state index contributed by atoms with van der Waals surface area (Å²) in [6.07, 6.45) is 8.81. The minimum absolute atomic E-state index is 0.0778. The number of benzene rings is 1. The van der Waals surface area contributed by atoms with E-state index in [1.807, 2.05) is 24.3 Å². The highest BCUT2D eigenvalue weighted by Crippen LogP contribution is 2.55. The number of fused-ring (bicyclic) bond motifs is 2. The van der Waals surface area contributed by atoms with Gasteiger partial charge in [-0.3, -0.25) is 14.7 Å². The number of rotatable bonds is 9. The molecule has 0 bridgehead atoms. The number of likely N-dealkylation sites (tertiary alicyclic amines) is 1. The second kappa shape index (κ2) is 12.3. The molecule has 2 atom stereocenters. The summed E-state index contributed by atoms with van der Waals surface area (Å²) in [4.78, 5) is 39.2. The zero-order valence-corrected chi connectivity index (χ0v) is 26.0. The van der Waals surface area contributed by atoms with Crippen molar-refractivity contribution in [2.75, 3.05) is 37.7 Å². The largest absolute Gasteiger partial charge is 0.447 e. The Bertz CT molecular complexity index is 1580. The molecule has 2 aliphatic heterocycles. The van der Waals surface area contributed by atoms with Gasteiger partial charge in [-0.2, -0.15) is 0 Å². The number of amides is 2. The summed E-state index contributed by atoms with van der Waals surface area (Å²) in [6.45, 7) is 5.51. The van der Waals surface area contributed by atoms with Crippen molar-refractivity contribution >= 4 is 28.7 Å². The van der Waals surface area contributed by atoms with E-state index in [0.717, 1.165) is 79.5 Å². The van der Waals surface area contributed by atoms with E-state index in [0.29, 0.717) is 42.3 Å². The monoisotopic (exact) mass is 613 g/mol. The van der Waals surface area contributed by atoms with Crippen LogP contribution in [0.2, 0.25) is 0 Å². The molecule has 10 nitrogen and oxygen atoms in total. The predicted molar refractivity (Wildman–Crippen MR) is 170 cm³/mol. The Balaban J connectivity index is 1.14. The summed E-state index contributed by atoms with van der Waals surface area (Å²) in [7, 11) is 0. The summed E-state index contributed by atoms with van der Waals surface area (Å²) < 4.78 is 5.06. The van der Waals surface area contributed by atoms with Gasteiger partial charge in [-0.25, -0.2) is 9.78 Å². The molecule has 45 heavy (non-hydrogen) atoms. The second-order valence-corrected chi connectivity index (χ2v) is 13.6. The fourth-order valence-corrected chi connectivity index (χ4v) is 7.44. The van der Waals surface area contributed by atoms with Gasteiger partial charge in [0.2, 0.25) is 0 Å².